The number of esters is 1. The van der Waals surface area contributed by atoms with E-state index in [1.807, 2.05) is 0 Å². The van der Waals surface area contributed by atoms with Crippen molar-refractivity contribution in [2.24, 2.45) is 5.41 Å². The summed E-state index contributed by atoms with van der Waals surface area (Å²) in [6, 6.07) is 0. The number of ketones is 1. The van der Waals surface area contributed by atoms with Crippen LogP contribution in [0.3, 0.4) is 0 Å². The minimum Gasteiger partial charge on any atom is -0.435 e. The summed E-state index contributed by atoms with van der Waals surface area (Å²) in [5, 5.41) is 0. The van der Waals surface area contributed by atoms with Crippen molar-refractivity contribution in [3.63, 3.8) is 0 Å². The maximum atomic E-state index is 12.7. The summed E-state index contributed by atoms with van der Waals surface area (Å²) >= 11 is 0. The number of halogens is 6. The molecule has 0 unspecified atom stereocenters. The van der Waals surface area contributed by atoms with Crippen LogP contribution >= 0.6 is 0 Å². The second-order valence-electron chi connectivity index (χ2n) is 9.85. The number of hydrogen-bond donors (Lipinski definition) is 0. The van der Waals surface area contributed by atoms with Gasteiger partial charge in [-0.1, -0.05) is 13.8 Å². The van der Waals surface area contributed by atoms with Crippen LogP contribution in [0.4, 0.5) is 26.3 Å². The smallest absolute Gasteiger partial charge is 0.435 e. The Morgan fingerprint density at radius 2 is 1.10 bits per heavy atom. The molecular weight excluding hydrogens is 678 g/mol. The first-order valence-electron chi connectivity index (χ1n) is 10.7. The number of nitrogens with zero attached hydrogens (tertiary/aromatic N) is 2. The van der Waals surface area contributed by atoms with Crippen LogP contribution in [-0.4, -0.2) is 82.2 Å². The Balaban J connectivity index is 0.000000420. The van der Waals surface area contributed by atoms with Crippen LogP contribution in [0.1, 0.15) is 40.5 Å². The molecule has 0 saturated heterocycles. The number of rotatable bonds is 6. The van der Waals surface area contributed by atoms with Crippen LogP contribution in [0.5, 0.6) is 0 Å². The van der Waals surface area contributed by atoms with E-state index in [1.165, 1.54) is 13.8 Å². The Bertz CT molecular complexity index is 1500. The highest BCUT2D eigenvalue weighted by Crippen LogP contribution is 2.40. The summed E-state index contributed by atoms with van der Waals surface area (Å²) in [6.07, 6.45) is 1.07. The number of sulfonamides is 4. The Morgan fingerprint density at radius 1 is 0.690 bits per heavy atom. The molecule has 0 aromatic carbocycles. The van der Waals surface area contributed by atoms with Gasteiger partial charge < -0.3 is 9.47 Å². The molecule has 0 spiro atoms. The third kappa shape index (κ3) is 8.72. The quantitative estimate of drug-likeness (QED) is 0.287. The second-order valence-corrected chi connectivity index (χ2v) is 17.5. The van der Waals surface area contributed by atoms with E-state index in [0.717, 1.165) is 13.8 Å². The van der Waals surface area contributed by atoms with Crippen molar-refractivity contribution in [1.82, 2.24) is 7.42 Å². The first-order valence-corrected chi connectivity index (χ1v) is 17.2. The molecule has 2 aliphatic rings. The molecule has 2 rings (SSSR count). The number of cyclic esters (lactones) is 1. The van der Waals surface area contributed by atoms with Gasteiger partial charge in [-0.15, -0.1) is 3.71 Å². The summed E-state index contributed by atoms with van der Waals surface area (Å²) in [4.78, 5) is 22.7. The van der Waals surface area contributed by atoms with E-state index >= 15 is 0 Å². The predicted molar refractivity (Wildman–Crippen MR) is 129 cm³/mol. The van der Waals surface area contributed by atoms with Crippen molar-refractivity contribution in [2.45, 2.75) is 57.3 Å². The molecule has 0 radical (unpaired) electrons. The van der Waals surface area contributed by atoms with E-state index < -0.39 is 93.1 Å². The third-order valence-corrected chi connectivity index (χ3v) is 11.5. The summed E-state index contributed by atoms with van der Waals surface area (Å²) < 4.78 is 175. The Kier molecular flexibility index (Phi) is 9.94. The standard InChI is InChI=1S/C10H14F3NO5S2.C8H10F3NO7S2/c1-9(2)5-7(4-8(15)6-9)14(20(3,16)17)21(18,19)10(11,12)13;1-7(2)18-5(4-6(13)19-7)12(20(3,14)15)21(16,17)8(9,10)11/h4H,5-6H2,1-3H3;4H,1-3H3. The molecule has 1 aliphatic heterocycles. The van der Waals surface area contributed by atoms with Crippen LogP contribution in [0.25, 0.3) is 0 Å². The SMILES string of the molecule is CC1(C)CC(=O)C=C(N(S(C)(=O)=O)S(=O)(=O)C(F)(F)F)C1.CC1(C)OC(=O)C=C(N(S(C)(=O)=O)S(=O)(=O)C(F)(F)F)O1. The lowest BCUT2D eigenvalue weighted by atomic mass is 9.79. The van der Waals surface area contributed by atoms with Crippen molar-refractivity contribution in [1.29, 1.82) is 0 Å². The van der Waals surface area contributed by atoms with Gasteiger partial charge in [0.15, 0.2) is 5.78 Å². The topological polar surface area (TPSA) is 196 Å². The van der Waals surface area contributed by atoms with E-state index in [-0.39, 0.29) is 25.2 Å². The highest BCUT2D eigenvalue weighted by Gasteiger charge is 2.56. The summed E-state index contributed by atoms with van der Waals surface area (Å²) in [5.74, 6) is -5.05. The second kappa shape index (κ2) is 11.2. The van der Waals surface area contributed by atoms with Crippen molar-refractivity contribution in [3.8, 4) is 0 Å². The van der Waals surface area contributed by atoms with E-state index in [1.54, 1.807) is 0 Å². The first-order chi connectivity index (χ1) is 18.2. The highest BCUT2D eigenvalue weighted by molar-refractivity contribution is 8.04. The van der Waals surface area contributed by atoms with Crippen molar-refractivity contribution >= 4 is 51.8 Å². The number of ether oxygens (including phenoxy) is 2. The van der Waals surface area contributed by atoms with Gasteiger partial charge in [-0.25, -0.2) is 21.6 Å². The van der Waals surface area contributed by atoms with Gasteiger partial charge in [0.25, 0.3) is 5.79 Å². The maximum absolute atomic E-state index is 12.7. The molecule has 24 heteroatoms. The lowest BCUT2D eigenvalue weighted by Crippen LogP contribution is -2.47. The van der Waals surface area contributed by atoms with Gasteiger partial charge in [0.2, 0.25) is 25.9 Å². The molecule has 244 valence electrons. The van der Waals surface area contributed by atoms with Gasteiger partial charge in [0, 0.05) is 26.3 Å². The number of alkyl halides is 6. The molecule has 0 aromatic rings. The lowest BCUT2D eigenvalue weighted by Gasteiger charge is -2.34. The van der Waals surface area contributed by atoms with Gasteiger partial charge in [0.1, 0.15) is 0 Å². The normalized spacial score (nSPS) is 19.7. The van der Waals surface area contributed by atoms with Crippen LogP contribution in [0, 0.1) is 5.41 Å². The number of hydrogen-bond acceptors (Lipinski definition) is 12. The fourth-order valence-electron chi connectivity index (χ4n) is 3.39. The molecule has 0 fully saturated rings. The zero-order valence-electron chi connectivity index (χ0n) is 22.3. The zero-order valence-corrected chi connectivity index (χ0v) is 25.5. The molecule has 0 amide bonds. The predicted octanol–water partition coefficient (Wildman–Crippen LogP) is 1.62. The van der Waals surface area contributed by atoms with E-state index in [0.29, 0.717) is 12.3 Å². The molecular formula is C18H24F6N2O12S4. The monoisotopic (exact) mass is 702 g/mol. The molecule has 42 heavy (non-hydrogen) atoms. The fourth-order valence-corrected chi connectivity index (χ4v) is 8.84. The van der Waals surface area contributed by atoms with E-state index in [9.17, 15) is 69.6 Å². The average Bonchev–Trinajstić information content (AvgIpc) is 2.60. The first kappa shape index (κ1) is 37.4. The zero-order chi connectivity index (χ0) is 33.7. The highest BCUT2D eigenvalue weighted by atomic mass is 32.3. The van der Waals surface area contributed by atoms with Crippen LogP contribution in [0.2, 0.25) is 0 Å². The van der Waals surface area contributed by atoms with Crippen molar-refractivity contribution < 1.29 is 79.1 Å². The van der Waals surface area contributed by atoms with E-state index in [2.05, 4.69) is 4.74 Å². The fraction of sp³-hybridized carbons (Fsp3) is 0.667. The van der Waals surface area contributed by atoms with Crippen LogP contribution in [-0.2, 0) is 59.2 Å². The number of carbonyl (C=O) groups excluding carboxylic acids is 2. The minimum absolute atomic E-state index is 0.0137. The average molecular weight is 703 g/mol. The minimum atomic E-state index is -6.33. The van der Waals surface area contributed by atoms with Gasteiger partial charge in [0.05, 0.1) is 24.3 Å². The van der Waals surface area contributed by atoms with Gasteiger partial charge >= 0.3 is 37.0 Å². The summed E-state index contributed by atoms with van der Waals surface area (Å²) in [5.41, 5.74) is -13.2. The van der Waals surface area contributed by atoms with Crippen molar-refractivity contribution in [3.05, 3.63) is 23.7 Å². The molecule has 0 saturated carbocycles. The van der Waals surface area contributed by atoms with Gasteiger partial charge in [-0.2, -0.15) is 46.9 Å². The Labute approximate surface area is 237 Å². The molecule has 0 bridgehead atoms. The number of allylic oxidation sites excluding steroid dienone is 2. The summed E-state index contributed by atoms with van der Waals surface area (Å²) in [6.45, 7) is 5.22. The Hall–Kier alpha value is -2.60. The third-order valence-electron chi connectivity index (χ3n) is 4.62. The number of carbonyl (C=O) groups is 2. The molecule has 14 nitrogen and oxygen atoms in total. The molecule has 0 atom stereocenters. The molecule has 1 aliphatic carbocycles. The van der Waals surface area contributed by atoms with E-state index in [4.69, 9.17) is 4.74 Å². The Morgan fingerprint density at radius 3 is 1.43 bits per heavy atom. The summed E-state index contributed by atoms with van der Waals surface area (Å²) in [7, 11) is -22.2. The van der Waals surface area contributed by atoms with Crippen LogP contribution < -0.4 is 0 Å². The maximum Gasteiger partial charge on any atom is 0.517 e. The van der Waals surface area contributed by atoms with Gasteiger partial charge in [-0.05, 0) is 11.8 Å². The van der Waals surface area contributed by atoms with Gasteiger partial charge in [-0.3, -0.25) is 4.79 Å². The lowest BCUT2D eigenvalue weighted by molar-refractivity contribution is -0.209. The molecule has 0 N–H and O–H groups in total. The molecule has 1 heterocycles. The molecule has 0 aromatic heterocycles. The largest absolute Gasteiger partial charge is 0.517 e. The van der Waals surface area contributed by atoms with Crippen LogP contribution in [0.15, 0.2) is 23.7 Å². The van der Waals surface area contributed by atoms with Crippen molar-refractivity contribution in [2.75, 3.05) is 12.5 Å².